The number of nitrogens with one attached hydrogen (secondary N) is 1. The molecule has 0 radical (unpaired) electrons. The minimum Gasteiger partial charge on any atom is -0.383 e. The summed E-state index contributed by atoms with van der Waals surface area (Å²) in [6.45, 7) is 8.17. The van der Waals surface area contributed by atoms with Crippen LogP contribution < -0.4 is 5.32 Å². The predicted octanol–water partition coefficient (Wildman–Crippen LogP) is 3.13. The van der Waals surface area contributed by atoms with Crippen molar-refractivity contribution in [2.45, 2.75) is 45.8 Å². The van der Waals surface area contributed by atoms with E-state index < -0.39 is 0 Å². The lowest BCUT2D eigenvalue weighted by molar-refractivity contribution is 0.158. The molecule has 1 heterocycles. The first-order valence-electron chi connectivity index (χ1n) is 7.41. The fourth-order valence-corrected chi connectivity index (χ4v) is 2.67. The van der Waals surface area contributed by atoms with Gasteiger partial charge in [-0.05, 0) is 32.4 Å². The summed E-state index contributed by atoms with van der Waals surface area (Å²) < 4.78 is 7.54. The van der Waals surface area contributed by atoms with E-state index in [1.54, 1.807) is 7.11 Å². The van der Waals surface area contributed by atoms with Crippen LogP contribution in [0.3, 0.4) is 0 Å². The Kier molecular flexibility index (Phi) is 5.15. The summed E-state index contributed by atoms with van der Waals surface area (Å²) >= 11 is 0. The number of hydrogen-bond acceptors (Lipinski definition) is 3. The zero-order valence-corrected chi connectivity index (χ0v) is 12.9. The molecule has 2 atom stereocenters. The molecule has 0 aliphatic heterocycles. The van der Waals surface area contributed by atoms with Gasteiger partial charge in [-0.2, -0.15) is 0 Å². The molecule has 20 heavy (non-hydrogen) atoms. The standard InChI is InChI=1S/C16H25N3O/c1-5-13(11-20-4)17-12(3)16-18-14-9-7-8-10-15(14)19(16)6-2/h7-10,12-13,17H,5-6,11H2,1-4H3/t12-,13+/m0/s1. The molecule has 0 saturated carbocycles. The Morgan fingerprint density at radius 2 is 2.05 bits per heavy atom. The zero-order valence-electron chi connectivity index (χ0n) is 12.9. The van der Waals surface area contributed by atoms with Crippen molar-refractivity contribution in [3.63, 3.8) is 0 Å². The molecule has 0 amide bonds. The van der Waals surface area contributed by atoms with Crippen LogP contribution in [0, 0.1) is 0 Å². The minimum atomic E-state index is 0.211. The number of para-hydroxylation sites is 2. The van der Waals surface area contributed by atoms with Gasteiger partial charge in [-0.3, -0.25) is 0 Å². The highest BCUT2D eigenvalue weighted by Gasteiger charge is 2.18. The van der Waals surface area contributed by atoms with E-state index in [-0.39, 0.29) is 6.04 Å². The van der Waals surface area contributed by atoms with Crippen molar-refractivity contribution in [1.82, 2.24) is 14.9 Å². The van der Waals surface area contributed by atoms with Gasteiger partial charge in [-0.25, -0.2) is 4.98 Å². The van der Waals surface area contributed by atoms with Gasteiger partial charge in [-0.15, -0.1) is 0 Å². The lowest BCUT2D eigenvalue weighted by atomic mass is 10.2. The average molecular weight is 275 g/mol. The molecule has 0 unspecified atom stereocenters. The van der Waals surface area contributed by atoms with Crippen LogP contribution >= 0.6 is 0 Å². The van der Waals surface area contributed by atoms with E-state index in [1.165, 1.54) is 5.52 Å². The molecule has 2 rings (SSSR count). The molecular formula is C16H25N3O. The molecule has 0 spiro atoms. The van der Waals surface area contributed by atoms with Gasteiger partial charge in [-0.1, -0.05) is 19.1 Å². The maximum absolute atomic E-state index is 5.26. The topological polar surface area (TPSA) is 39.1 Å². The number of methoxy groups -OCH3 is 1. The number of hydrogen-bond donors (Lipinski definition) is 1. The Hall–Kier alpha value is -1.39. The smallest absolute Gasteiger partial charge is 0.126 e. The summed E-state index contributed by atoms with van der Waals surface area (Å²) in [6, 6.07) is 8.88. The zero-order chi connectivity index (χ0) is 14.5. The Balaban J connectivity index is 2.27. The van der Waals surface area contributed by atoms with Crippen LogP contribution in [0.15, 0.2) is 24.3 Å². The summed E-state index contributed by atoms with van der Waals surface area (Å²) in [4.78, 5) is 4.79. The predicted molar refractivity (Wildman–Crippen MR) is 82.9 cm³/mol. The third-order valence-corrected chi connectivity index (χ3v) is 3.73. The van der Waals surface area contributed by atoms with E-state index in [0.29, 0.717) is 6.04 Å². The normalized spacial score (nSPS) is 14.6. The SMILES string of the molecule is CC[C@H](COC)N[C@@H](C)c1nc2ccccc2n1CC. The quantitative estimate of drug-likeness (QED) is 0.844. The molecule has 1 aromatic carbocycles. The second-order valence-corrected chi connectivity index (χ2v) is 5.15. The molecule has 1 N–H and O–H groups in total. The highest BCUT2D eigenvalue weighted by atomic mass is 16.5. The molecule has 0 bridgehead atoms. The Morgan fingerprint density at radius 1 is 1.30 bits per heavy atom. The van der Waals surface area contributed by atoms with Gasteiger partial charge in [0.1, 0.15) is 5.82 Å². The minimum absolute atomic E-state index is 0.211. The third-order valence-electron chi connectivity index (χ3n) is 3.73. The summed E-state index contributed by atoms with van der Waals surface area (Å²) in [5, 5.41) is 3.61. The monoisotopic (exact) mass is 275 g/mol. The first-order chi connectivity index (χ1) is 9.71. The van der Waals surface area contributed by atoms with Crippen molar-refractivity contribution in [3.8, 4) is 0 Å². The summed E-state index contributed by atoms with van der Waals surface area (Å²) in [6.07, 6.45) is 1.05. The molecule has 0 aliphatic carbocycles. The average Bonchev–Trinajstić information content (AvgIpc) is 2.85. The number of fused-ring (bicyclic) bond motifs is 1. The highest BCUT2D eigenvalue weighted by molar-refractivity contribution is 5.76. The lowest BCUT2D eigenvalue weighted by Crippen LogP contribution is -2.35. The Morgan fingerprint density at radius 3 is 2.70 bits per heavy atom. The molecule has 0 aliphatic rings. The van der Waals surface area contributed by atoms with Gasteiger partial charge in [0.15, 0.2) is 0 Å². The summed E-state index contributed by atoms with van der Waals surface area (Å²) in [5.74, 6) is 1.10. The van der Waals surface area contributed by atoms with Crippen molar-refractivity contribution in [1.29, 1.82) is 0 Å². The van der Waals surface area contributed by atoms with Crippen LogP contribution in [0.5, 0.6) is 0 Å². The fourth-order valence-electron chi connectivity index (χ4n) is 2.67. The number of ether oxygens (including phenoxy) is 1. The van der Waals surface area contributed by atoms with E-state index in [2.05, 4.69) is 48.9 Å². The van der Waals surface area contributed by atoms with Crippen LogP contribution in [0.1, 0.15) is 39.1 Å². The number of nitrogens with zero attached hydrogens (tertiary/aromatic N) is 2. The lowest BCUT2D eigenvalue weighted by Gasteiger charge is -2.22. The number of aromatic nitrogens is 2. The van der Waals surface area contributed by atoms with Crippen LogP contribution in [-0.2, 0) is 11.3 Å². The van der Waals surface area contributed by atoms with Crippen LogP contribution in [0.25, 0.3) is 11.0 Å². The molecule has 4 nitrogen and oxygen atoms in total. The van der Waals surface area contributed by atoms with E-state index in [4.69, 9.17) is 9.72 Å². The highest BCUT2D eigenvalue weighted by Crippen LogP contribution is 2.21. The van der Waals surface area contributed by atoms with Crippen LogP contribution in [0.4, 0.5) is 0 Å². The first-order valence-corrected chi connectivity index (χ1v) is 7.41. The van der Waals surface area contributed by atoms with E-state index in [9.17, 15) is 0 Å². The van der Waals surface area contributed by atoms with Crippen LogP contribution in [-0.4, -0.2) is 29.3 Å². The van der Waals surface area contributed by atoms with Gasteiger partial charge in [0.25, 0.3) is 0 Å². The maximum atomic E-state index is 5.26. The fraction of sp³-hybridized carbons (Fsp3) is 0.562. The van der Waals surface area contributed by atoms with Crippen molar-refractivity contribution in [2.75, 3.05) is 13.7 Å². The van der Waals surface area contributed by atoms with Crippen molar-refractivity contribution in [3.05, 3.63) is 30.1 Å². The van der Waals surface area contributed by atoms with Gasteiger partial charge in [0, 0.05) is 19.7 Å². The Bertz CT molecular complexity index is 550. The van der Waals surface area contributed by atoms with E-state index >= 15 is 0 Å². The van der Waals surface area contributed by atoms with Crippen molar-refractivity contribution >= 4 is 11.0 Å². The second kappa shape index (κ2) is 6.86. The van der Waals surface area contributed by atoms with E-state index in [1.807, 2.05) is 6.07 Å². The molecular weight excluding hydrogens is 250 g/mol. The second-order valence-electron chi connectivity index (χ2n) is 5.15. The van der Waals surface area contributed by atoms with Gasteiger partial charge < -0.3 is 14.6 Å². The number of rotatable bonds is 7. The van der Waals surface area contributed by atoms with Crippen LogP contribution in [0.2, 0.25) is 0 Å². The van der Waals surface area contributed by atoms with Gasteiger partial charge >= 0.3 is 0 Å². The van der Waals surface area contributed by atoms with Crippen molar-refractivity contribution < 1.29 is 4.74 Å². The van der Waals surface area contributed by atoms with Gasteiger partial charge in [0.2, 0.25) is 0 Å². The molecule has 1 aromatic heterocycles. The van der Waals surface area contributed by atoms with Crippen molar-refractivity contribution in [2.24, 2.45) is 0 Å². The largest absolute Gasteiger partial charge is 0.383 e. The molecule has 110 valence electrons. The first kappa shape index (κ1) is 15.0. The number of aryl methyl sites for hydroxylation is 1. The number of benzene rings is 1. The molecule has 2 aromatic rings. The number of imidazole rings is 1. The summed E-state index contributed by atoms with van der Waals surface area (Å²) in [5.41, 5.74) is 2.27. The Labute approximate surface area is 121 Å². The maximum Gasteiger partial charge on any atom is 0.126 e. The third kappa shape index (κ3) is 3.02. The van der Waals surface area contributed by atoms with E-state index in [0.717, 1.165) is 30.9 Å². The van der Waals surface area contributed by atoms with Gasteiger partial charge in [0.05, 0.1) is 23.7 Å². The summed E-state index contributed by atoms with van der Waals surface area (Å²) in [7, 11) is 1.75. The molecule has 0 fully saturated rings. The molecule has 4 heteroatoms. The molecule has 0 saturated heterocycles.